The Morgan fingerprint density at radius 3 is 2.67 bits per heavy atom. The van der Waals surface area contributed by atoms with Crippen LogP contribution in [0.2, 0.25) is 0 Å². The Labute approximate surface area is 126 Å². The Morgan fingerprint density at radius 1 is 1.24 bits per heavy atom. The predicted molar refractivity (Wildman–Crippen MR) is 82.0 cm³/mol. The second kappa shape index (κ2) is 5.59. The van der Waals surface area contributed by atoms with E-state index in [2.05, 4.69) is 5.32 Å². The summed E-state index contributed by atoms with van der Waals surface area (Å²) in [6.45, 7) is 5.62. The molecule has 0 bridgehead atoms. The van der Waals surface area contributed by atoms with Crippen LogP contribution in [0, 0.1) is 0 Å². The first-order chi connectivity index (χ1) is 9.96. The Kier molecular flexibility index (Phi) is 3.94. The monoisotopic (exact) mass is 310 g/mol. The van der Waals surface area contributed by atoms with E-state index in [1.807, 2.05) is 26.0 Å². The molecule has 21 heavy (non-hydrogen) atoms. The molecule has 0 radical (unpaired) electrons. The van der Waals surface area contributed by atoms with Crippen LogP contribution in [0.1, 0.15) is 25.8 Å². The van der Waals surface area contributed by atoms with Crippen LogP contribution in [0.25, 0.3) is 0 Å². The molecule has 6 heteroatoms. The van der Waals surface area contributed by atoms with Crippen molar-refractivity contribution < 1.29 is 13.2 Å². The van der Waals surface area contributed by atoms with Gasteiger partial charge >= 0.3 is 0 Å². The lowest BCUT2D eigenvalue weighted by Crippen LogP contribution is -2.48. The Bertz CT molecular complexity index is 620. The number of hydrogen-bond acceptors (Lipinski definition) is 4. The largest absolute Gasteiger partial charge is 0.385 e. The number of rotatable bonds is 2. The van der Waals surface area contributed by atoms with Gasteiger partial charge in [0, 0.05) is 25.3 Å². The highest BCUT2D eigenvalue weighted by molar-refractivity contribution is 7.89. The minimum atomic E-state index is -3.44. The van der Waals surface area contributed by atoms with Crippen LogP contribution >= 0.6 is 0 Å². The number of aryl methyl sites for hydroxylation is 1. The van der Waals surface area contributed by atoms with E-state index in [1.54, 1.807) is 10.4 Å². The second-order valence-electron chi connectivity index (χ2n) is 5.93. The van der Waals surface area contributed by atoms with E-state index in [0.717, 1.165) is 30.6 Å². The molecule has 2 heterocycles. The predicted octanol–water partition coefficient (Wildman–Crippen LogP) is 1.84. The summed E-state index contributed by atoms with van der Waals surface area (Å²) in [5.74, 6) is 0. The number of sulfonamides is 1. The minimum Gasteiger partial charge on any atom is -0.385 e. The maximum absolute atomic E-state index is 12.8. The van der Waals surface area contributed by atoms with Crippen LogP contribution in [0.3, 0.4) is 0 Å². The summed E-state index contributed by atoms with van der Waals surface area (Å²) in [5.41, 5.74) is 2.15. The zero-order valence-corrected chi connectivity index (χ0v) is 13.3. The molecule has 0 aromatic heterocycles. The van der Waals surface area contributed by atoms with Crippen molar-refractivity contribution in [1.82, 2.24) is 4.31 Å². The van der Waals surface area contributed by atoms with Crippen LogP contribution in [0.15, 0.2) is 23.1 Å². The lowest BCUT2D eigenvalue weighted by atomic mass is 10.0. The first kappa shape index (κ1) is 14.8. The van der Waals surface area contributed by atoms with Crippen LogP contribution in [0.5, 0.6) is 0 Å². The lowest BCUT2D eigenvalue weighted by Gasteiger charge is -2.34. The zero-order valence-electron chi connectivity index (χ0n) is 12.5. The van der Waals surface area contributed by atoms with Gasteiger partial charge < -0.3 is 10.1 Å². The van der Waals surface area contributed by atoms with E-state index >= 15 is 0 Å². The molecular formula is C15H22N2O3S. The first-order valence-corrected chi connectivity index (χ1v) is 8.93. The minimum absolute atomic E-state index is 0.0668. The third kappa shape index (κ3) is 2.93. The number of anilines is 1. The molecule has 0 aliphatic carbocycles. The molecule has 0 amide bonds. The highest BCUT2D eigenvalue weighted by Gasteiger charge is 2.32. The molecule has 1 saturated heterocycles. The van der Waals surface area contributed by atoms with E-state index in [-0.39, 0.29) is 12.2 Å². The number of benzene rings is 1. The van der Waals surface area contributed by atoms with Gasteiger partial charge in [-0.15, -0.1) is 0 Å². The lowest BCUT2D eigenvalue weighted by molar-refractivity contribution is -0.0440. The standard InChI is InChI=1S/C15H22N2O3S/c1-11-9-17(10-12(2)20-11)21(18,19)14-5-6-15-13(8-14)4-3-7-16-15/h5-6,8,11-12,16H,3-4,7,9-10H2,1-2H3. The van der Waals surface area contributed by atoms with Crippen molar-refractivity contribution in [1.29, 1.82) is 0 Å². The SMILES string of the molecule is CC1CN(S(=O)(=O)c2ccc3c(c2)CCCN3)CC(C)O1. The van der Waals surface area contributed by atoms with Gasteiger partial charge in [-0.2, -0.15) is 4.31 Å². The fourth-order valence-corrected chi connectivity index (χ4v) is 4.73. The summed E-state index contributed by atoms with van der Waals surface area (Å²) < 4.78 is 32.8. The molecule has 5 nitrogen and oxygen atoms in total. The molecular weight excluding hydrogens is 288 g/mol. The van der Waals surface area contributed by atoms with Gasteiger partial charge in [-0.1, -0.05) is 0 Å². The Hall–Kier alpha value is -1.11. The van der Waals surface area contributed by atoms with Crippen LogP contribution in [-0.4, -0.2) is 44.6 Å². The van der Waals surface area contributed by atoms with Gasteiger partial charge in [0.2, 0.25) is 10.0 Å². The molecule has 0 spiro atoms. The number of nitrogens with one attached hydrogen (secondary N) is 1. The molecule has 1 fully saturated rings. The molecule has 116 valence electrons. The van der Waals surface area contributed by atoms with Gasteiger partial charge in [0.05, 0.1) is 17.1 Å². The van der Waals surface area contributed by atoms with Gasteiger partial charge in [-0.05, 0) is 50.5 Å². The summed E-state index contributed by atoms with van der Waals surface area (Å²) in [6, 6.07) is 5.41. The molecule has 0 saturated carbocycles. The Balaban J connectivity index is 1.91. The summed E-state index contributed by atoms with van der Waals surface area (Å²) in [7, 11) is -3.44. The third-order valence-electron chi connectivity index (χ3n) is 4.04. The van der Waals surface area contributed by atoms with Gasteiger partial charge in [-0.3, -0.25) is 0 Å². The highest BCUT2D eigenvalue weighted by atomic mass is 32.2. The Morgan fingerprint density at radius 2 is 1.95 bits per heavy atom. The van der Waals surface area contributed by atoms with Crippen molar-refractivity contribution in [2.75, 3.05) is 25.0 Å². The van der Waals surface area contributed by atoms with Crippen LogP contribution < -0.4 is 5.32 Å². The van der Waals surface area contributed by atoms with Crippen molar-refractivity contribution in [3.05, 3.63) is 23.8 Å². The van der Waals surface area contributed by atoms with Gasteiger partial charge in [-0.25, -0.2) is 8.42 Å². The maximum atomic E-state index is 12.8. The number of morpholine rings is 1. The van der Waals surface area contributed by atoms with Gasteiger partial charge in [0.25, 0.3) is 0 Å². The highest BCUT2D eigenvalue weighted by Crippen LogP contribution is 2.27. The molecule has 1 aromatic carbocycles. The smallest absolute Gasteiger partial charge is 0.243 e. The quantitative estimate of drug-likeness (QED) is 0.905. The second-order valence-corrected chi connectivity index (χ2v) is 7.87. The van der Waals surface area contributed by atoms with Gasteiger partial charge in [0.1, 0.15) is 0 Å². The van der Waals surface area contributed by atoms with Crippen molar-refractivity contribution >= 4 is 15.7 Å². The number of nitrogens with zero attached hydrogens (tertiary/aromatic N) is 1. The molecule has 1 aromatic rings. The molecule has 1 N–H and O–H groups in total. The van der Waals surface area contributed by atoms with Crippen LogP contribution in [-0.2, 0) is 21.2 Å². The van der Waals surface area contributed by atoms with Crippen molar-refractivity contribution in [2.24, 2.45) is 0 Å². The fraction of sp³-hybridized carbons (Fsp3) is 0.600. The van der Waals surface area contributed by atoms with E-state index in [4.69, 9.17) is 4.74 Å². The third-order valence-corrected chi connectivity index (χ3v) is 5.87. The fourth-order valence-electron chi connectivity index (χ4n) is 3.09. The molecule has 2 atom stereocenters. The van der Waals surface area contributed by atoms with Gasteiger partial charge in [0.15, 0.2) is 0 Å². The summed E-state index contributed by atoms with van der Waals surface area (Å²) in [6.07, 6.45) is 1.84. The van der Waals surface area contributed by atoms with E-state index < -0.39 is 10.0 Å². The van der Waals surface area contributed by atoms with Crippen molar-refractivity contribution in [3.8, 4) is 0 Å². The summed E-state index contributed by atoms with van der Waals surface area (Å²) >= 11 is 0. The van der Waals surface area contributed by atoms with E-state index in [9.17, 15) is 8.42 Å². The molecule has 3 rings (SSSR count). The molecule has 2 aliphatic heterocycles. The number of hydrogen-bond donors (Lipinski definition) is 1. The summed E-state index contributed by atoms with van der Waals surface area (Å²) in [4.78, 5) is 0.395. The van der Waals surface area contributed by atoms with E-state index in [1.165, 1.54) is 0 Å². The zero-order chi connectivity index (χ0) is 15.0. The molecule has 2 unspecified atom stereocenters. The maximum Gasteiger partial charge on any atom is 0.243 e. The van der Waals surface area contributed by atoms with Crippen molar-refractivity contribution in [3.63, 3.8) is 0 Å². The van der Waals surface area contributed by atoms with Crippen molar-refractivity contribution in [2.45, 2.75) is 43.8 Å². The average molecular weight is 310 g/mol. The number of fused-ring (bicyclic) bond motifs is 1. The normalized spacial score (nSPS) is 27.0. The topological polar surface area (TPSA) is 58.6 Å². The number of ether oxygens (including phenoxy) is 1. The van der Waals surface area contributed by atoms with E-state index in [0.29, 0.717) is 18.0 Å². The average Bonchev–Trinajstić information content (AvgIpc) is 2.45. The molecule has 2 aliphatic rings. The van der Waals surface area contributed by atoms with Crippen LogP contribution in [0.4, 0.5) is 5.69 Å². The first-order valence-electron chi connectivity index (χ1n) is 7.49. The summed E-state index contributed by atoms with van der Waals surface area (Å²) in [5, 5.41) is 3.31.